The van der Waals surface area contributed by atoms with Gasteiger partial charge in [0, 0.05) is 40.3 Å². The van der Waals surface area contributed by atoms with E-state index in [0.717, 1.165) is 47.1 Å². The molecule has 1 aromatic heterocycles. The number of carbonyl (C=O) groups is 3. The van der Waals surface area contributed by atoms with Gasteiger partial charge in [-0.2, -0.15) is 0 Å². The zero-order chi connectivity index (χ0) is 29.1. The molecule has 7 rings (SSSR count). The molecule has 2 bridgehead atoms. The Labute approximate surface area is 249 Å². The number of carbonyl (C=O) groups excluding carboxylic acids is 3. The Bertz CT molecular complexity index is 1590. The molecule has 8 heteroatoms. The van der Waals surface area contributed by atoms with E-state index in [1.807, 2.05) is 66.0 Å². The summed E-state index contributed by atoms with van der Waals surface area (Å²) in [6, 6.07) is 23.7. The van der Waals surface area contributed by atoms with E-state index in [4.69, 9.17) is 9.47 Å². The SMILES string of the molecule is CCOC(=O)c1cccc(NC(C(=O)O[C@H]2C[N+]3(CC(=O)c4ccccc4)CCC2CC3)c2csc3ccccc23)c1. The van der Waals surface area contributed by atoms with Gasteiger partial charge in [-0.25, -0.2) is 9.59 Å². The van der Waals surface area contributed by atoms with Crippen LogP contribution in [-0.2, 0) is 14.3 Å². The van der Waals surface area contributed by atoms with E-state index in [2.05, 4.69) is 5.32 Å². The maximum Gasteiger partial charge on any atom is 0.338 e. The van der Waals surface area contributed by atoms with Gasteiger partial charge in [0.1, 0.15) is 13.1 Å². The van der Waals surface area contributed by atoms with E-state index in [0.29, 0.717) is 28.8 Å². The van der Waals surface area contributed by atoms with Crippen LogP contribution >= 0.6 is 11.3 Å². The molecule has 0 spiro atoms. The van der Waals surface area contributed by atoms with Crippen molar-refractivity contribution in [1.82, 2.24) is 0 Å². The fourth-order valence-electron chi connectivity index (χ4n) is 6.42. The van der Waals surface area contributed by atoms with Crippen molar-refractivity contribution in [2.45, 2.75) is 31.9 Å². The Morgan fingerprint density at radius 2 is 1.69 bits per heavy atom. The molecule has 0 saturated carbocycles. The molecule has 0 amide bonds. The molecule has 3 saturated heterocycles. The molecule has 216 valence electrons. The monoisotopic (exact) mass is 583 g/mol. The standard InChI is InChI=1S/C34H35N2O5S/c1-2-40-33(38)25-11-8-12-26(19-25)35-32(28-22-42-31-14-7-6-13-27(28)31)34(39)41-30-21-36(17-15-24(30)16-18-36)20-29(37)23-9-4-3-5-10-23/h3-14,19,22,24,30,32,35H,2,15-18,20-21H2,1H3/q+1/t24?,30-,32?,36?/m0/s1. The molecular formula is C34H35N2O5S+. The Morgan fingerprint density at radius 1 is 0.952 bits per heavy atom. The third-order valence-electron chi connectivity index (χ3n) is 8.63. The highest BCUT2D eigenvalue weighted by atomic mass is 32.1. The number of thiophene rings is 1. The molecule has 42 heavy (non-hydrogen) atoms. The third-order valence-corrected chi connectivity index (χ3v) is 9.61. The molecule has 4 aromatic rings. The average molecular weight is 584 g/mol. The zero-order valence-electron chi connectivity index (χ0n) is 23.7. The highest BCUT2D eigenvalue weighted by Crippen LogP contribution is 2.38. The van der Waals surface area contributed by atoms with Crippen LogP contribution in [0.4, 0.5) is 5.69 Å². The summed E-state index contributed by atoms with van der Waals surface area (Å²) in [5.74, 6) is -0.349. The number of benzene rings is 3. The van der Waals surface area contributed by atoms with Crippen LogP contribution in [-0.4, -0.2) is 61.1 Å². The lowest BCUT2D eigenvalue weighted by atomic mass is 9.82. The van der Waals surface area contributed by atoms with Crippen LogP contribution < -0.4 is 5.32 Å². The number of quaternary nitrogens is 1. The second-order valence-electron chi connectivity index (χ2n) is 11.3. The van der Waals surface area contributed by atoms with Gasteiger partial charge in [-0.3, -0.25) is 4.79 Å². The van der Waals surface area contributed by atoms with Crippen LogP contribution in [0.2, 0.25) is 0 Å². The van der Waals surface area contributed by atoms with Crippen molar-refractivity contribution in [1.29, 1.82) is 0 Å². The smallest absolute Gasteiger partial charge is 0.338 e. The summed E-state index contributed by atoms with van der Waals surface area (Å²) < 4.78 is 13.3. The minimum absolute atomic E-state index is 0.131. The van der Waals surface area contributed by atoms with Crippen molar-refractivity contribution in [3.63, 3.8) is 0 Å². The van der Waals surface area contributed by atoms with Crippen molar-refractivity contribution in [2.75, 3.05) is 38.1 Å². The quantitative estimate of drug-likeness (QED) is 0.135. The molecule has 3 aliphatic heterocycles. The normalized spacial score (nSPS) is 21.9. The summed E-state index contributed by atoms with van der Waals surface area (Å²) in [4.78, 5) is 39.6. The van der Waals surface area contributed by atoms with Crippen molar-refractivity contribution in [3.05, 3.63) is 101 Å². The average Bonchev–Trinajstić information content (AvgIpc) is 3.45. The first-order valence-electron chi connectivity index (χ1n) is 14.6. The summed E-state index contributed by atoms with van der Waals surface area (Å²) in [5, 5.41) is 6.36. The number of piperidine rings is 3. The van der Waals surface area contributed by atoms with Crippen LogP contribution in [0.3, 0.4) is 0 Å². The number of ketones is 1. The van der Waals surface area contributed by atoms with E-state index >= 15 is 0 Å². The minimum Gasteiger partial charge on any atom is -0.462 e. The van der Waals surface area contributed by atoms with E-state index < -0.39 is 12.0 Å². The lowest BCUT2D eigenvalue weighted by Gasteiger charge is -2.51. The minimum atomic E-state index is -0.770. The number of anilines is 1. The predicted molar refractivity (Wildman–Crippen MR) is 164 cm³/mol. The van der Waals surface area contributed by atoms with E-state index in [1.54, 1.807) is 36.5 Å². The topological polar surface area (TPSA) is 81.7 Å². The van der Waals surface area contributed by atoms with Gasteiger partial charge in [0.05, 0.1) is 25.3 Å². The molecule has 7 nitrogen and oxygen atoms in total. The number of nitrogens with zero attached hydrogens (tertiary/aromatic N) is 1. The van der Waals surface area contributed by atoms with Gasteiger partial charge < -0.3 is 19.3 Å². The van der Waals surface area contributed by atoms with Crippen LogP contribution in [0, 0.1) is 5.92 Å². The third kappa shape index (κ3) is 5.82. The molecule has 3 aromatic carbocycles. The van der Waals surface area contributed by atoms with E-state index in [1.165, 1.54) is 0 Å². The summed E-state index contributed by atoms with van der Waals surface area (Å²) in [7, 11) is 0. The molecular weight excluding hydrogens is 548 g/mol. The number of esters is 2. The van der Waals surface area contributed by atoms with Crippen molar-refractivity contribution < 1.29 is 28.3 Å². The molecule has 4 heterocycles. The number of Topliss-reactive ketones (excluding diaryl/α,β-unsaturated/α-hetero) is 1. The Morgan fingerprint density at radius 3 is 2.48 bits per heavy atom. The largest absolute Gasteiger partial charge is 0.462 e. The molecule has 0 radical (unpaired) electrons. The van der Waals surface area contributed by atoms with Gasteiger partial charge in [-0.1, -0.05) is 54.6 Å². The number of rotatable bonds is 10. The van der Waals surface area contributed by atoms with Crippen LogP contribution in [0.25, 0.3) is 10.1 Å². The maximum atomic E-state index is 14.1. The van der Waals surface area contributed by atoms with Gasteiger partial charge in [0.15, 0.2) is 12.1 Å². The van der Waals surface area contributed by atoms with Gasteiger partial charge in [0.25, 0.3) is 0 Å². The number of nitrogens with one attached hydrogen (secondary N) is 1. The molecule has 1 N–H and O–H groups in total. The summed E-state index contributed by atoms with van der Waals surface area (Å²) in [5.41, 5.74) is 2.61. The van der Waals surface area contributed by atoms with Crippen molar-refractivity contribution in [3.8, 4) is 0 Å². The summed E-state index contributed by atoms with van der Waals surface area (Å²) in [6.07, 6.45) is 1.60. The Kier molecular flexibility index (Phi) is 8.09. The highest BCUT2D eigenvalue weighted by molar-refractivity contribution is 7.17. The highest BCUT2D eigenvalue weighted by Gasteiger charge is 2.49. The Balaban J connectivity index is 1.24. The number of hydrogen-bond donors (Lipinski definition) is 1. The first-order valence-corrected chi connectivity index (χ1v) is 15.5. The molecule has 0 aliphatic carbocycles. The fourth-order valence-corrected chi connectivity index (χ4v) is 7.40. The zero-order valence-corrected chi connectivity index (χ0v) is 24.5. The second kappa shape index (κ2) is 12.1. The molecule has 1 unspecified atom stereocenters. The lowest BCUT2D eigenvalue weighted by molar-refractivity contribution is -0.938. The first-order chi connectivity index (χ1) is 20.4. The summed E-state index contributed by atoms with van der Waals surface area (Å²) in [6.45, 7) is 4.97. The number of ether oxygens (including phenoxy) is 2. The fraction of sp³-hybridized carbons (Fsp3) is 0.324. The Hall–Kier alpha value is -4.01. The lowest BCUT2D eigenvalue weighted by Crippen LogP contribution is -2.65. The predicted octanol–water partition coefficient (Wildman–Crippen LogP) is 6.27. The van der Waals surface area contributed by atoms with Gasteiger partial charge in [-0.05, 0) is 42.0 Å². The van der Waals surface area contributed by atoms with Crippen molar-refractivity contribution in [2.24, 2.45) is 5.92 Å². The van der Waals surface area contributed by atoms with Crippen LogP contribution in [0.1, 0.15) is 52.1 Å². The summed E-state index contributed by atoms with van der Waals surface area (Å²) >= 11 is 1.58. The van der Waals surface area contributed by atoms with E-state index in [-0.39, 0.29) is 30.4 Å². The maximum absolute atomic E-state index is 14.1. The van der Waals surface area contributed by atoms with Gasteiger partial charge in [-0.15, -0.1) is 11.3 Å². The molecule has 3 aliphatic rings. The number of fused-ring (bicyclic) bond motifs is 4. The van der Waals surface area contributed by atoms with Crippen LogP contribution in [0.5, 0.6) is 0 Å². The van der Waals surface area contributed by atoms with Crippen molar-refractivity contribution >= 4 is 44.8 Å². The number of hydrogen-bond acceptors (Lipinski definition) is 7. The molecule has 2 atom stereocenters. The molecule has 3 fully saturated rings. The van der Waals surface area contributed by atoms with Gasteiger partial charge >= 0.3 is 11.9 Å². The van der Waals surface area contributed by atoms with Gasteiger partial charge in [0.2, 0.25) is 5.78 Å². The second-order valence-corrected chi connectivity index (χ2v) is 12.2. The van der Waals surface area contributed by atoms with Crippen LogP contribution in [0.15, 0.2) is 84.2 Å². The van der Waals surface area contributed by atoms with E-state index in [9.17, 15) is 14.4 Å². The first kappa shape index (κ1) is 28.1.